The van der Waals surface area contributed by atoms with E-state index in [-0.39, 0.29) is 6.42 Å². The summed E-state index contributed by atoms with van der Waals surface area (Å²) in [7, 11) is 1.26. The number of hydrogen-bond acceptors (Lipinski definition) is 4. The van der Waals surface area contributed by atoms with E-state index >= 15 is 0 Å². The number of anilines is 1. The number of rotatable bonds is 4. The van der Waals surface area contributed by atoms with E-state index in [0.717, 1.165) is 4.90 Å². The first-order valence-electron chi connectivity index (χ1n) is 7.63. The van der Waals surface area contributed by atoms with Gasteiger partial charge >= 0.3 is 24.1 Å². The molecule has 2 rings (SSSR count). The van der Waals surface area contributed by atoms with Gasteiger partial charge in [0.15, 0.2) is 0 Å². The monoisotopic (exact) mass is 374 g/mol. The second-order valence-electron chi connectivity index (χ2n) is 5.88. The predicted molar refractivity (Wildman–Crippen MR) is 83.4 cm³/mol. The van der Waals surface area contributed by atoms with Crippen molar-refractivity contribution in [2.75, 3.05) is 25.5 Å². The van der Waals surface area contributed by atoms with Gasteiger partial charge in [-0.25, -0.2) is 4.79 Å². The van der Waals surface area contributed by atoms with Crippen molar-refractivity contribution < 1.29 is 37.4 Å². The molecule has 0 radical (unpaired) electrons. The van der Waals surface area contributed by atoms with Crippen molar-refractivity contribution in [1.82, 2.24) is 4.90 Å². The average Bonchev–Trinajstić information content (AvgIpc) is 3.02. The Kier molecular flexibility index (Phi) is 5.73. The molecule has 0 aromatic heterocycles. The quantitative estimate of drug-likeness (QED) is 0.787. The molecule has 1 fully saturated rings. The Hall–Kier alpha value is -2.78. The molecule has 0 saturated carbocycles. The lowest BCUT2D eigenvalue weighted by Gasteiger charge is -2.18. The fourth-order valence-electron chi connectivity index (χ4n) is 2.70. The van der Waals surface area contributed by atoms with E-state index in [1.165, 1.54) is 19.2 Å². The molecule has 0 spiro atoms. The molecule has 1 heterocycles. The highest BCUT2D eigenvalue weighted by Gasteiger charge is 2.53. The summed E-state index contributed by atoms with van der Waals surface area (Å²) in [5, 5.41) is 11.4. The molecule has 1 aromatic carbocycles. The number of benzene rings is 1. The highest BCUT2D eigenvalue weighted by molar-refractivity contribution is 5.90. The molecule has 10 heteroatoms. The highest BCUT2D eigenvalue weighted by Crippen LogP contribution is 2.37. The van der Waals surface area contributed by atoms with Gasteiger partial charge in [0, 0.05) is 18.8 Å². The highest BCUT2D eigenvalue weighted by atomic mass is 19.4. The van der Waals surface area contributed by atoms with Crippen LogP contribution in [0.25, 0.3) is 0 Å². The van der Waals surface area contributed by atoms with Gasteiger partial charge in [-0.3, -0.25) is 9.59 Å². The van der Waals surface area contributed by atoms with Crippen molar-refractivity contribution in [2.24, 2.45) is 11.8 Å². The normalized spacial score (nSPS) is 19.9. The van der Waals surface area contributed by atoms with Crippen molar-refractivity contribution in [3.63, 3.8) is 0 Å². The van der Waals surface area contributed by atoms with Gasteiger partial charge in [-0.15, -0.1) is 0 Å². The SMILES string of the molecule is COC(=O)Cc1ccc(NC(=O)N2C[C@@H](C(F)(F)F)[C@H](C(=O)O)C2)cc1. The molecule has 2 N–H and O–H groups in total. The summed E-state index contributed by atoms with van der Waals surface area (Å²) >= 11 is 0. The molecule has 2 amide bonds. The molecule has 0 aliphatic carbocycles. The number of carboxylic acids is 1. The first-order valence-corrected chi connectivity index (χ1v) is 7.63. The van der Waals surface area contributed by atoms with Crippen molar-refractivity contribution in [3.8, 4) is 0 Å². The van der Waals surface area contributed by atoms with Crippen LogP contribution < -0.4 is 5.32 Å². The molecule has 0 unspecified atom stereocenters. The molecular weight excluding hydrogens is 357 g/mol. The molecule has 1 aliphatic heterocycles. The van der Waals surface area contributed by atoms with E-state index in [4.69, 9.17) is 5.11 Å². The number of nitrogens with zero attached hydrogens (tertiary/aromatic N) is 1. The molecule has 0 bridgehead atoms. The van der Waals surface area contributed by atoms with E-state index in [1.54, 1.807) is 12.1 Å². The summed E-state index contributed by atoms with van der Waals surface area (Å²) in [5.41, 5.74) is 0.949. The number of amides is 2. The summed E-state index contributed by atoms with van der Waals surface area (Å²) in [6, 6.07) is 5.29. The van der Waals surface area contributed by atoms with Gasteiger partial charge in [-0.05, 0) is 17.7 Å². The molecule has 7 nitrogen and oxygen atoms in total. The Morgan fingerprint density at radius 2 is 1.85 bits per heavy atom. The van der Waals surface area contributed by atoms with Gasteiger partial charge in [0.25, 0.3) is 0 Å². The lowest BCUT2D eigenvalue weighted by molar-refractivity contribution is -0.187. The van der Waals surface area contributed by atoms with Crippen LogP contribution in [0.1, 0.15) is 5.56 Å². The minimum Gasteiger partial charge on any atom is -0.481 e. The summed E-state index contributed by atoms with van der Waals surface area (Å²) < 4.78 is 43.4. The molecule has 26 heavy (non-hydrogen) atoms. The van der Waals surface area contributed by atoms with Gasteiger partial charge in [-0.2, -0.15) is 13.2 Å². The summed E-state index contributed by atoms with van der Waals surface area (Å²) in [5.74, 6) is -5.82. The zero-order valence-electron chi connectivity index (χ0n) is 13.7. The fraction of sp³-hybridized carbons (Fsp3) is 0.438. The van der Waals surface area contributed by atoms with Gasteiger partial charge in [-0.1, -0.05) is 12.1 Å². The number of methoxy groups -OCH3 is 1. The van der Waals surface area contributed by atoms with Crippen molar-refractivity contribution >= 4 is 23.7 Å². The minimum atomic E-state index is -4.70. The third kappa shape index (κ3) is 4.64. The number of aliphatic carboxylic acids is 1. The van der Waals surface area contributed by atoms with Crippen molar-refractivity contribution in [3.05, 3.63) is 29.8 Å². The number of carboxylic acid groups (broad SMARTS) is 1. The number of esters is 1. The number of alkyl halides is 3. The Morgan fingerprint density at radius 3 is 2.31 bits per heavy atom. The Labute approximate surface area is 146 Å². The van der Waals surface area contributed by atoms with Crippen LogP contribution in [-0.4, -0.2) is 54.4 Å². The molecular formula is C16H17F3N2O5. The van der Waals surface area contributed by atoms with E-state index in [2.05, 4.69) is 10.1 Å². The van der Waals surface area contributed by atoms with Gasteiger partial charge in [0.1, 0.15) is 0 Å². The third-order valence-corrected chi connectivity index (χ3v) is 4.13. The second kappa shape index (κ2) is 7.63. The number of hydrogen-bond donors (Lipinski definition) is 2. The Bertz CT molecular complexity index is 690. The summed E-state index contributed by atoms with van der Waals surface area (Å²) in [4.78, 5) is 35.2. The van der Waals surface area contributed by atoms with Crippen LogP contribution in [0.5, 0.6) is 0 Å². The number of carbonyl (C=O) groups is 3. The first-order chi connectivity index (χ1) is 12.1. The number of urea groups is 1. The predicted octanol–water partition coefficient (Wildman–Crippen LogP) is 2.13. The average molecular weight is 374 g/mol. The van der Waals surface area contributed by atoms with Crippen LogP contribution in [0, 0.1) is 11.8 Å². The zero-order valence-corrected chi connectivity index (χ0v) is 13.7. The summed E-state index contributed by atoms with van der Waals surface area (Å²) in [6.45, 7) is -1.24. The number of halogens is 3. The van der Waals surface area contributed by atoms with Crippen molar-refractivity contribution in [1.29, 1.82) is 0 Å². The van der Waals surface area contributed by atoms with Crippen molar-refractivity contribution in [2.45, 2.75) is 12.6 Å². The van der Waals surface area contributed by atoms with Gasteiger partial charge in [0.05, 0.1) is 25.4 Å². The van der Waals surface area contributed by atoms with Crippen LogP contribution in [-0.2, 0) is 20.7 Å². The maximum atomic E-state index is 13.0. The molecule has 1 aromatic rings. The minimum absolute atomic E-state index is 0.0460. The largest absolute Gasteiger partial charge is 0.481 e. The van der Waals surface area contributed by atoms with Crippen LogP contribution in [0.15, 0.2) is 24.3 Å². The maximum absolute atomic E-state index is 13.0. The number of likely N-dealkylation sites (tertiary alicyclic amines) is 1. The Morgan fingerprint density at radius 1 is 1.23 bits per heavy atom. The molecule has 1 aliphatic rings. The second-order valence-corrected chi connectivity index (χ2v) is 5.88. The molecule has 1 saturated heterocycles. The lowest BCUT2D eigenvalue weighted by Crippen LogP contribution is -2.35. The van der Waals surface area contributed by atoms with Gasteiger partial charge in [0.2, 0.25) is 0 Å². The van der Waals surface area contributed by atoms with Crippen LogP contribution in [0.3, 0.4) is 0 Å². The van der Waals surface area contributed by atoms with E-state index in [0.29, 0.717) is 11.3 Å². The smallest absolute Gasteiger partial charge is 0.394 e. The number of nitrogens with one attached hydrogen (secondary N) is 1. The fourth-order valence-corrected chi connectivity index (χ4v) is 2.70. The number of ether oxygens (including phenoxy) is 1. The van der Waals surface area contributed by atoms with Crippen LogP contribution in [0.2, 0.25) is 0 Å². The topological polar surface area (TPSA) is 95.9 Å². The Balaban J connectivity index is 2.01. The lowest BCUT2D eigenvalue weighted by atomic mass is 9.96. The molecule has 2 atom stereocenters. The molecule has 142 valence electrons. The standard InChI is InChI=1S/C16H17F3N2O5/c1-26-13(22)6-9-2-4-10(5-3-9)20-15(25)21-7-11(14(23)24)12(8-21)16(17,18)19/h2-5,11-12H,6-8H2,1H3,(H,20,25)(H,23,24)/t11-,12-/m1/s1. The first kappa shape index (κ1) is 19.5. The van der Waals surface area contributed by atoms with Crippen LogP contribution in [0.4, 0.5) is 23.7 Å². The zero-order chi connectivity index (χ0) is 19.5. The van der Waals surface area contributed by atoms with E-state index < -0.39 is 49.1 Å². The van der Waals surface area contributed by atoms with Crippen LogP contribution >= 0.6 is 0 Å². The van der Waals surface area contributed by atoms with E-state index in [1.807, 2.05) is 0 Å². The third-order valence-electron chi connectivity index (χ3n) is 4.13. The maximum Gasteiger partial charge on any atom is 0.394 e. The van der Waals surface area contributed by atoms with E-state index in [9.17, 15) is 27.6 Å². The van der Waals surface area contributed by atoms with Gasteiger partial charge < -0.3 is 20.1 Å². The summed E-state index contributed by atoms with van der Waals surface area (Å²) in [6.07, 6.45) is -4.65. The number of carbonyl (C=O) groups excluding carboxylic acids is 2.